The van der Waals surface area contributed by atoms with Gasteiger partial charge in [0.2, 0.25) is 5.91 Å². The third-order valence-electron chi connectivity index (χ3n) is 11.2. The second kappa shape index (κ2) is 45.9. The summed E-state index contributed by atoms with van der Waals surface area (Å²) in [4.78, 5) is 26.0. The van der Waals surface area contributed by atoms with Crippen molar-refractivity contribution in [2.75, 3.05) is 6.61 Å². The van der Waals surface area contributed by atoms with Crippen molar-refractivity contribution in [3.63, 3.8) is 0 Å². The number of rotatable bonds is 44. The van der Waals surface area contributed by atoms with E-state index in [9.17, 15) is 19.8 Å². The molecule has 0 aliphatic carbocycles. The van der Waals surface area contributed by atoms with Gasteiger partial charge in [0.25, 0.3) is 0 Å². The van der Waals surface area contributed by atoms with E-state index in [0.717, 1.165) is 83.5 Å². The van der Waals surface area contributed by atoms with Crippen LogP contribution in [-0.2, 0) is 14.3 Å². The topological polar surface area (TPSA) is 95.9 Å². The van der Waals surface area contributed by atoms with Crippen molar-refractivity contribution >= 4 is 11.9 Å². The molecule has 0 saturated heterocycles. The predicted molar refractivity (Wildman–Crippen MR) is 250 cm³/mol. The molecule has 6 nitrogen and oxygen atoms in total. The second-order valence-electron chi connectivity index (χ2n) is 16.9. The molecule has 3 unspecified atom stereocenters. The number of carbonyl (C=O) groups excluding carboxylic acids is 2. The van der Waals surface area contributed by atoms with E-state index in [4.69, 9.17) is 4.74 Å². The van der Waals surface area contributed by atoms with Crippen LogP contribution in [0.15, 0.2) is 48.6 Å². The largest absolute Gasteiger partial charge is 0.462 e. The van der Waals surface area contributed by atoms with Gasteiger partial charge in [-0.25, -0.2) is 0 Å². The summed E-state index contributed by atoms with van der Waals surface area (Å²) in [6, 6.07) is -0.704. The number of unbranched alkanes of at least 4 members (excludes halogenated alkanes) is 24. The first-order valence-electron chi connectivity index (χ1n) is 24.9. The zero-order valence-corrected chi connectivity index (χ0v) is 38.4. The number of nitrogens with one attached hydrogen (secondary N) is 1. The molecule has 0 saturated carbocycles. The summed E-state index contributed by atoms with van der Waals surface area (Å²) < 4.78 is 5.88. The molecular weight excluding hydrogens is 719 g/mol. The molecule has 0 aliphatic rings. The van der Waals surface area contributed by atoms with Crippen molar-refractivity contribution in [1.29, 1.82) is 0 Å². The zero-order chi connectivity index (χ0) is 42.4. The highest BCUT2D eigenvalue weighted by Gasteiger charge is 2.24. The van der Waals surface area contributed by atoms with E-state index in [1.807, 2.05) is 0 Å². The molecule has 3 atom stereocenters. The minimum Gasteiger partial charge on any atom is -0.462 e. The molecule has 6 heteroatoms. The number of hydrogen-bond donors (Lipinski definition) is 3. The Morgan fingerprint density at radius 3 is 1.34 bits per heavy atom. The molecule has 0 bridgehead atoms. The van der Waals surface area contributed by atoms with Crippen molar-refractivity contribution in [3.05, 3.63) is 48.6 Å². The molecule has 0 aromatic heterocycles. The van der Waals surface area contributed by atoms with Crippen LogP contribution in [0.1, 0.15) is 245 Å². The Bertz CT molecular complexity index is 1000. The summed E-state index contributed by atoms with van der Waals surface area (Å²) in [7, 11) is 0. The smallest absolute Gasteiger partial charge is 0.306 e. The number of amides is 1. The van der Waals surface area contributed by atoms with Crippen LogP contribution >= 0.6 is 0 Å². The lowest BCUT2D eigenvalue weighted by atomic mass is 10.0. The molecule has 0 fully saturated rings. The summed E-state index contributed by atoms with van der Waals surface area (Å²) in [6.07, 6.45) is 54.7. The number of aliphatic hydroxyl groups is 2. The van der Waals surface area contributed by atoms with Crippen LogP contribution in [-0.4, -0.2) is 46.9 Å². The van der Waals surface area contributed by atoms with E-state index in [2.05, 4.69) is 74.7 Å². The van der Waals surface area contributed by atoms with Gasteiger partial charge in [-0.15, -0.1) is 0 Å². The first kappa shape index (κ1) is 55.8. The standard InChI is InChI=1S/C52H95NO5/c1-4-7-10-13-16-18-20-22-23-24-25-26-27-29-31-33-36-39-42-45-52(57)58-48(43-40-37-34-15-12-9-6-3)46-51(56)53-49(47-54)50(55)44-41-38-35-32-30-28-21-19-17-14-11-8-5-2/h16,18,22-23,25-26,29,31,48-50,54-55H,4-15,17,19-21,24,27-28,30,32-47H2,1-3H3,(H,53,56)/b18-16-,23-22-,26-25-,31-29-. The Kier molecular flexibility index (Phi) is 44.2. The number of aliphatic hydroxyl groups excluding tert-OH is 2. The summed E-state index contributed by atoms with van der Waals surface area (Å²) in [5.41, 5.74) is 0. The van der Waals surface area contributed by atoms with Crippen molar-refractivity contribution in [2.45, 2.75) is 264 Å². The van der Waals surface area contributed by atoms with Gasteiger partial charge >= 0.3 is 5.97 Å². The van der Waals surface area contributed by atoms with Crippen LogP contribution in [0.5, 0.6) is 0 Å². The molecule has 0 aromatic rings. The maximum Gasteiger partial charge on any atom is 0.306 e. The van der Waals surface area contributed by atoms with Crippen molar-refractivity contribution in [2.24, 2.45) is 0 Å². The van der Waals surface area contributed by atoms with Gasteiger partial charge in [-0.1, -0.05) is 211 Å². The van der Waals surface area contributed by atoms with Gasteiger partial charge in [0.15, 0.2) is 0 Å². The van der Waals surface area contributed by atoms with Crippen LogP contribution in [0.2, 0.25) is 0 Å². The predicted octanol–water partition coefficient (Wildman–Crippen LogP) is 14.7. The van der Waals surface area contributed by atoms with Crippen LogP contribution < -0.4 is 5.32 Å². The molecule has 0 rings (SSSR count). The fourth-order valence-electron chi connectivity index (χ4n) is 7.35. The van der Waals surface area contributed by atoms with Gasteiger partial charge in [0, 0.05) is 6.42 Å². The molecule has 0 aliphatic heterocycles. The van der Waals surface area contributed by atoms with E-state index in [-0.39, 0.29) is 24.9 Å². The maximum absolute atomic E-state index is 13.1. The Morgan fingerprint density at radius 1 is 0.500 bits per heavy atom. The average molecular weight is 814 g/mol. The monoisotopic (exact) mass is 814 g/mol. The zero-order valence-electron chi connectivity index (χ0n) is 38.4. The van der Waals surface area contributed by atoms with Crippen molar-refractivity contribution < 1.29 is 24.5 Å². The molecule has 0 aromatic carbocycles. The normalized spacial score (nSPS) is 13.7. The third kappa shape index (κ3) is 40.6. The lowest BCUT2D eigenvalue weighted by Gasteiger charge is -2.24. The number of hydrogen-bond acceptors (Lipinski definition) is 5. The van der Waals surface area contributed by atoms with Crippen LogP contribution in [0, 0.1) is 0 Å². The SMILES string of the molecule is CCCCC/C=C\C/C=C\C/C=C\C/C=C\CCCCCC(=O)OC(CCCCCCCCC)CC(=O)NC(CO)C(O)CCCCCCCCCCCCCCC. The molecule has 1 amide bonds. The molecule has 58 heavy (non-hydrogen) atoms. The van der Waals surface area contributed by atoms with Crippen LogP contribution in [0.25, 0.3) is 0 Å². The number of ether oxygens (including phenoxy) is 1. The fraction of sp³-hybridized carbons (Fsp3) is 0.808. The highest BCUT2D eigenvalue weighted by Crippen LogP contribution is 2.17. The summed E-state index contributed by atoms with van der Waals surface area (Å²) in [5, 5.41) is 23.6. The number of allylic oxidation sites excluding steroid dienone is 8. The van der Waals surface area contributed by atoms with E-state index in [1.165, 1.54) is 116 Å². The van der Waals surface area contributed by atoms with Gasteiger partial charge in [0.05, 0.1) is 25.2 Å². The van der Waals surface area contributed by atoms with Crippen molar-refractivity contribution in [3.8, 4) is 0 Å². The highest BCUT2D eigenvalue weighted by atomic mass is 16.5. The third-order valence-corrected chi connectivity index (χ3v) is 11.2. The molecule has 0 heterocycles. The van der Waals surface area contributed by atoms with Gasteiger partial charge in [0.1, 0.15) is 6.10 Å². The lowest BCUT2D eigenvalue weighted by Crippen LogP contribution is -2.46. The first-order chi connectivity index (χ1) is 28.5. The number of esters is 1. The molecule has 338 valence electrons. The lowest BCUT2D eigenvalue weighted by molar-refractivity contribution is -0.151. The fourth-order valence-corrected chi connectivity index (χ4v) is 7.35. The van der Waals surface area contributed by atoms with Crippen LogP contribution in [0.4, 0.5) is 0 Å². The quantitative estimate of drug-likeness (QED) is 0.0323. The van der Waals surface area contributed by atoms with E-state index in [1.54, 1.807) is 0 Å². The average Bonchev–Trinajstić information content (AvgIpc) is 3.21. The Morgan fingerprint density at radius 2 is 0.879 bits per heavy atom. The highest BCUT2D eigenvalue weighted by molar-refractivity contribution is 5.77. The minimum absolute atomic E-state index is 0.0651. The summed E-state index contributed by atoms with van der Waals surface area (Å²) >= 11 is 0. The number of carbonyl (C=O) groups is 2. The van der Waals surface area contributed by atoms with E-state index >= 15 is 0 Å². The molecule has 0 radical (unpaired) electrons. The van der Waals surface area contributed by atoms with E-state index < -0.39 is 18.2 Å². The van der Waals surface area contributed by atoms with Crippen LogP contribution in [0.3, 0.4) is 0 Å². The molecular formula is C52H95NO5. The first-order valence-corrected chi connectivity index (χ1v) is 24.9. The summed E-state index contributed by atoms with van der Waals surface area (Å²) in [5.74, 6) is -0.511. The molecule has 3 N–H and O–H groups in total. The Labute approximate surface area is 359 Å². The van der Waals surface area contributed by atoms with Gasteiger partial charge < -0.3 is 20.3 Å². The van der Waals surface area contributed by atoms with Gasteiger partial charge in [-0.3, -0.25) is 9.59 Å². The van der Waals surface area contributed by atoms with Gasteiger partial charge in [-0.05, 0) is 70.6 Å². The van der Waals surface area contributed by atoms with Gasteiger partial charge in [-0.2, -0.15) is 0 Å². The van der Waals surface area contributed by atoms with Crippen molar-refractivity contribution in [1.82, 2.24) is 5.32 Å². The Hall–Kier alpha value is -2.18. The second-order valence-corrected chi connectivity index (χ2v) is 16.9. The minimum atomic E-state index is -0.790. The molecule has 0 spiro atoms. The Balaban J connectivity index is 4.43. The summed E-state index contributed by atoms with van der Waals surface area (Å²) in [6.45, 7) is 6.41. The maximum atomic E-state index is 13.1. The van der Waals surface area contributed by atoms with E-state index in [0.29, 0.717) is 19.3 Å².